The van der Waals surface area contributed by atoms with Gasteiger partial charge in [0.2, 0.25) is 0 Å². The van der Waals surface area contributed by atoms with E-state index in [1.165, 1.54) is 11.0 Å². The van der Waals surface area contributed by atoms with E-state index < -0.39 is 6.03 Å². The fraction of sp³-hybridized carbons (Fsp3) is 0.385. The molecule has 1 fully saturated rings. The Morgan fingerprint density at radius 1 is 1.47 bits per heavy atom. The Kier molecular flexibility index (Phi) is 3.60. The number of halogens is 1. The summed E-state index contributed by atoms with van der Waals surface area (Å²) in [6.07, 6.45) is 1.76. The molecular formula is C13H16BFN2O2. The van der Waals surface area contributed by atoms with Gasteiger partial charge in [0.1, 0.15) is 13.7 Å². The minimum absolute atomic E-state index is 0.0141. The number of Topliss-reactive ketones (excluding diaryl/α,β-unsaturated/α-hetero) is 1. The van der Waals surface area contributed by atoms with Crippen molar-refractivity contribution >= 4 is 30.8 Å². The van der Waals surface area contributed by atoms with Crippen LogP contribution in [0.4, 0.5) is 14.9 Å². The van der Waals surface area contributed by atoms with Gasteiger partial charge in [-0.3, -0.25) is 9.69 Å². The molecule has 0 unspecified atom stereocenters. The van der Waals surface area contributed by atoms with E-state index in [9.17, 15) is 14.0 Å². The van der Waals surface area contributed by atoms with E-state index in [2.05, 4.69) is 0 Å². The minimum atomic E-state index is -0.692. The third-order valence-corrected chi connectivity index (χ3v) is 3.38. The Bertz CT molecular complexity index is 544. The molecule has 0 atom stereocenters. The predicted molar refractivity (Wildman–Crippen MR) is 74.0 cm³/mol. The van der Waals surface area contributed by atoms with Crippen LogP contribution in [0.2, 0.25) is 0 Å². The molecule has 1 aliphatic carbocycles. The number of benzene rings is 1. The van der Waals surface area contributed by atoms with Gasteiger partial charge >= 0.3 is 6.03 Å². The van der Waals surface area contributed by atoms with Crippen molar-refractivity contribution in [1.29, 1.82) is 0 Å². The summed E-state index contributed by atoms with van der Waals surface area (Å²) in [4.78, 5) is 24.6. The van der Waals surface area contributed by atoms with E-state index >= 15 is 0 Å². The van der Waals surface area contributed by atoms with Gasteiger partial charge in [-0.15, -0.1) is 0 Å². The number of hydrogen-bond donors (Lipinski definition) is 1. The molecule has 0 spiro atoms. The molecule has 2 N–H and O–H groups in total. The molecule has 6 heteroatoms. The first-order valence-corrected chi connectivity index (χ1v) is 6.26. The van der Waals surface area contributed by atoms with Crippen LogP contribution < -0.4 is 16.1 Å². The van der Waals surface area contributed by atoms with Gasteiger partial charge in [-0.25, -0.2) is 9.18 Å². The van der Waals surface area contributed by atoms with Gasteiger partial charge in [0.05, 0.1) is 6.54 Å². The maximum atomic E-state index is 13.4. The second kappa shape index (κ2) is 5.03. The molecular weight excluding hydrogens is 246 g/mol. The van der Waals surface area contributed by atoms with Crippen molar-refractivity contribution in [2.45, 2.75) is 19.8 Å². The number of carbonyl (C=O) groups is 2. The van der Waals surface area contributed by atoms with Crippen LogP contribution in [0.3, 0.4) is 0 Å². The number of hydrogen-bond acceptors (Lipinski definition) is 2. The molecule has 19 heavy (non-hydrogen) atoms. The van der Waals surface area contributed by atoms with Gasteiger partial charge in [-0.1, -0.05) is 5.46 Å². The Labute approximate surface area is 112 Å². The van der Waals surface area contributed by atoms with E-state index in [4.69, 9.17) is 5.73 Å². The summed E-state index contributed by atoms with van der Waals surface area (Å²) < 4.78 is 13.4. The normalized spacial score (nSPS) is 14.2. The lowest BCUT2D eigenvalue weighted by atomic mass is 9.93. The molecule has 1 aromatic carbocycles. The summed E-state index contributed by atoms with van der Waals surface area (Å²) >= 11 is 0. The predicted octanol–water partition coefficient (Wildman–Crippen LogP) is 0.257. The van der Waals surface area contributed by atoms with Gasteiger partial charge in [0, 0.05) is 11.6 Å². The standard InChI is InChI=1S/C13H16BFN2O2/c1-7-4-10(15)9(14)5-11(7)17(13(16)19)6-12(18)8-2-3-8/h4-5,8H,2-3,6,14H2,1H3,(H2,16,19). The van der Waals surface area contributed by atoms with Crippen LogP contribution in [0.5, 0.6) is 0 Å². The fourth-order valence-electron chi connectivity index (χ4n) is 2.03. The number of carbonyl (C=O) groups excluding carboxylic acids is 2. The van der Waals surface area contributed by atoms with E-state index in [0.717, 1.165) is 12.8 Å². The van der Waals surface area contributed by atoms with E-state index in [0.29, 0.717) is 16.7 Å². The van der Waals surface area contributed by atoms with Gasteiger partial charge in [-0.05, 0) is 37.5 Å². The molecule has 0 saturated heterocycles. The number of amides is 2. The van der Waals surface area contributed by atoms with Crippen LogP contribution in [0, 0.1) is 18.7 Å². The Balaban J connectivity index is 2.30. The number of rotatable bonds is 4. The van der Waals surface area contributed by atoms with Crippen LogP contribution in [0.1, 0.15) is 18.4 Å². The van der Waals surface area contributed by atoms with Crippen LogP contribution in [-0.4, -0.2) is 26.2 Å². The first-order chi connectivity index (χ1) is 8.90. The summed E-state index contributed by atoms with van der Waals surface area (Å²) in [6, 6.07) is 2.21. The van der Waals surface area contributed by atoms with Crippen molar-refractivity contribution in [2.24, 2.45) is 11.7 Å². The quantitative estimate of drug-likeness (QED) is 0.791. The monoisotopic (exact) mass is 262 g/mol. The average molecular weight is 262 g/mol. The highest BCUT2D eigenvalue weighted by atomic mass is 19.1. The summed E-state index contributed by atoms with van der Waals surface area (Å²) in [5.74, 6) is -0.261. The van der Waals surface area contributed by atoms with E-state index in [1.807, 2.05) is 0 Å². The highest BCUT2D eigenvalue weighted by Crippen LogP contribution is 2.31. The maximum Gasteiger partial charge on any atom is 0.319 e. The molecule has 2 rings (SSSR count). The molecule has 2 amide bonds. The number of urea groups is 1. The molecule has 0 bridgehead atoms. The van der Waals surface area contributed by atoms with Gasteiger partial charge < -0.3 is 5.73 Å². The molecule has 0 radical (unpaired) electrons. The third-order valence-electron chi connectivity index (χ3n) is 3.38. The molecule has 1 saturated carbocycles. The van der Waals surface area contributed by atoms with Gasteiger partial charge in [0.15, 0.2) is 5.78 Å². The van der Waals surface area contributed by atoms with Crippen LogP contribution >= 0.6 is 0 Å². The Morgan fingerprint density at radius 2 is 2.11 bits per heavy atom. The lowest BCUT2D eigenvalue weighted by Gasteiger charge is -2.22. The first-order valence-electron chi connectivity index (χ1n) is 6.26. The first kappa shape index (κ1) is 13.6. The highest BCUT2D eigenvalue weighted by molar-refractivity contribution is 6.33. The largest absolute Gasteiger partial charge is 0.351 e. The zero-order valence-corrected chi connectivity index (χ0v) is 11.1. The van der Waals surface area contributed by atoms with Crippen LogP contribution in [-0.2, 0) is 4.79 Å². The van der Waals surface area contributed by atoms with Crippen molar-refractivity contribution in [3.8, 4) is 0 Å². The molecule has 0 aliphatic heterocycles. The summed E-state index contributed by atoms with van der Waals surface area (Å²) in [7, 11) is 1.61. The van der Waals surface area contributed by atoms with Crippen LogP contribution in [0.15, 0.2) is 12.1 Å². The van der Waals surface area contributed by atoms with Crippen molar-refractivity contribution < 1.29 is 14.0 Å². The van der Waals surface area contributed by atoms with Gasteiger partial charge in [0.25, 0.3) is 0 Å². The topological polar surface area (TPSA) is 63.4 Å². The Hall–Kier alpha value is -1.85. The second-order valence-electron chi connectivity index (χ2n) is 5.05. The van der Waals surface area contributed by atoms with Crippen LogP contribution in [0.25, 0.3) is 0 Å². The zero-order valence-electron chi connectivity index (χ0n) is 11.1. The van der Waals surface area contributed by atoms with Crippen molar-refractivity contribution in [2.75, 3.05) is 11.4 Å². The number of nitrogens with zero attached hydrogens (tertiary/aromatic N) is 1. The van der Waals surface area contributed by atoms with Crippen molar-refractivity contribution in [3.05, 3.63) is 23.5 Å². The SMILES string of the molecule is Bc1cc(N(CC(=O)C2CC2)C(N)=O)c(C)cc1F. The average Bonchev–Trinajstić information content (AvgIpc) is 3.14. The number of primary amides is 1. The third kappa shape index (κ3) is 2.94. The zero-order chi connectivity index (χ0) is 14.2. The minimum Gasteiger partial charge on any atom is -0.351 e. The molecule has 0 aromatic heterocycles. The summed E-state index contributed by atoms with van der Waals surface area (Å²) in [6.45, 7) is 1.65. The number of anilines is 1. The number of aryl methyl sites for hydroxylation is 1. The molecule has 1 aromatic rings. The lowest BCUT2D eigenvalue weighted by Crippen LogP contribution is -2.41. The molecule has 1 aliphatic rings. The second-order valence-corrected chi connectivity index (χ2v) is 5.05. The molecule has 100 valence electrons. The highest BCUT2D eigenvalue weighted by Gasteiger charge is 2.32. The number of ketones is 1. The van der Waals surface area contributed by atoms with Gasteiger partial charge in [-0.2, -0.15) is 0 Å². The van der Waals surface area contributed by atoms with E-state index in [1.54, 1.807) is 20.8 Å². The smallest absolute Gasteiger partial charge is 0.319 e. The molecule has 0 heterocycles. The fourth-order valence-corrected chi connectivity index (χ4v) is 2.03. The molecule has 4 nitrogen and oxygen atoms in total. The number of nitrogens with two attached hydrogens (primary N) is 1. The van der Waals surface area contributed by atoms with Crippen molar-refractivity contribution in [3.63, 3.8) is 0 Å². The van der Waals surface area contributed by atoms with E-state index in [-0.39, 0.29) is 24.1 Å². The van der Waals surface area contributed by atoms with Crippen molar-refractivity contribution in [1.82, 2.24) is 0 Å². The summed E-state index contributed by atoms with van der Waals surface area (Å²) in [5, 5.41) is 0. The summed E-state index contributed by atoms with van der Waals surface area (Å²) in [5.41, 5.74) is 6.85. The Morgan fingerprint density at radius 3 is 2.63 bits per heavy atom. The maximum absolute atomic E-state index is 13.4. The lowest BCUT2D eigenvalue weighted by molar-refractivity contribution is -0.118.